The van der Waals surface area contributed by atoms with Crippen LogP contribution in [0.15, 0.2) is 0 Å². The number of unbranched alkanes of at least 4 members (excludes halogenated alkanes) is 2. The topological polar surface area (TPSA) is 23.5 Å². The Morgan fingerprint density at radius 3 is 2.62 bits per heavy atom. The molecule has 0 saturated carbocycles. The summed E-state index contributed by atoms with van der Waals surface area (Å²) < 4.78 is 0. The third-order valence-electron chi connectivity index (χ3n) is 3.94. The molecule has 1 aliphatic rings. The van der Waals surface area contributed by atoms with Crippen molar-refractivity contribution in [1.82, 2.24) is 4.90 Å². The van der Waals surface area contributed by atoms with Crippen molar-refractivity contribution in [1.29, 1.82) is 0 Å². The Morgan fingerprint density at radius 1 is 1.12 bits per heavy atom. The lowest BCUT2D eigenvalue weighted by atomic mass is 9.89. The van der Waals surface area contributed by atoms with Crippen LogP contribution in [-0.4, -0.2) is 36.2 Å². The summed E-state index contributed by atoms with van der Waals surface area (Å²) in [4.78, 5) is 2.62. The van der Waals surface area contributed by atoms with Crippen LogP contribution in [-0.2, 0) is 0 Å². The van der Waals surface area contributed by atoms with Crippen LogP contribution in [0.4, 0.5) is 0 Å². The SMILES string of the molecule is CC(C)C1CCCN(CCCCCO)CC1. The maximum Gasteiger partial charge on any atom is 0.0431 e. The van der Waals surface area contributed by atoms with Crippen LogP contribution in [0.5, 0.6) is 0 Å². The van der Waals surface area contributed by atoms with Crippen molar-refractivity contribution in [2.24, 2.45) is 11.8 Å². The van der Waals surface area contributed by atoms with Gasteiger partial charge in [-0.2, -0.15) is 0 Å². The summed E-state index contributed by atoms with van der Waals surface area (Å²) in [5.41, 5.74) is 0. The Kier molecular flexibility index (Phi) is 7.06. The summed E-state index contributed by atoms with van der Waals surface area (Å²) in [7, 11) is 0. The highest BCUT2D eigenvalue weighted by Gasteiger charge is 2.18. The highest BCUT2D eigenvalue weighted by atomic mass is 16.2. The van der Waals surface area contributed by atoms with Crippen molar-refractivity contribution in [3.63, 3.8) is 0 Å². The minimum Gasteiger partial charge on any atom is -0.396 e. The van der Waals surface area contributed by atoms with Gasteiger partial charge in [0.25, 0.3) is 0 Å². The quantitative estimate of drug-likeness (QED) is 0.705. The Morgan fingerprint density at radius 2 is 1.94 bits per heavy atom. The first-order valence-corrected chi connectivity index (χ1v) is 7.07. The molecule has 2 heteroatoms. The van der Waals surface area contributed by atoms with Crippen molar-refractivity contribution in [3.8, 4) is 0 Å². The zero-order valence-electron chi connectivity index (χ0n) is 11.1. The van der Waals surface area contributed by atoms with Crippen LogP contribution in [0.2, 0.25) is 0 Å². The van der Waals surface area contributed by atoms with Gasteiger partial charge in [0.2, 0.25) is 0 Å². The van der Waals surface area contributed by atoms with E-state index in [1.165, 1.54) is 51.7 Å². The zero-order chi connectivity index (χ0) is 11.8. The van der Waals surface area contributed by atoms with Crippen LogP contribution < -0.4 is 0 Å². The molecule has 2 nitrogen and oxygen atoms in total. The minimum atomic E-state index is 0.357. The summed E-state index contributed by atoms with van der Waals surface area (Å²) >= 11 is 0. The minimum absolute atomic E-state index is 0.357. The van der Waals surface area contributed by atoms with Crippen molar-refractivity contribution < 1.29 is 5.11 Å². The fourth-order valence-corrected chi connectivity index (χ4v) is 2.70. The molecule has 0 aromatic rings. The largest absolute Gasteiger partial charge is 0.396 e. The number of nitrogens with zero attached hydrogens (tertiary/aromatic N) is 1. The van der Waals surface area contributed by atoms with Gasteiger partial charge in [0.05, 0.1) is 0 Å². The van der Waals surface area contributed by atoms with Crippen molar-refractivity contribution in [2.75, 3.05) is 26.2 Å². The monoisotopic (exact) mass is 227 g/mol. The third kappa shape index (κ3) is 5.31. The highest BCUT2D eigenvalue weighted by Crippen LogP contribution is 2.24. The van der Waals surface area contributed by atoms with Gasteiger partial charge in [-0.15, -0.1) is 0 Å². The van der Waals surface area contributed by atoms with Gasteiger partial charge in [-0.25, -0.2) is 0 Å². The molecule has 0 spiro atoms. The van der Waals surface area contributed by atoms with E-state index in [0.29, 0.717) is 6.61 Å². The van der Waals surface area contributed by atoms with E-state index < -0.39 is 0 Å². The molecule has 1 N–H and O–H groups in total. The van der Waals surface area contributed by atoms with E-state index >= 15 is 0 Å². The second kappa shape index (κ2) is 8.08. The van der Waals surface area contributed by atoms with Gasteiger partial charge in [-0.3, -0.25) is 0 Å². The van der Waals surface area contributed by atoms with E-state index in [9.17, 15) is 0 Å². The first-order chi connectivity index (χ1) is 7.74. The molecule has 16 heavy (non-hydrogen) atoms. The molecular formula is C14H29NO. The first kappa shape index (κ1) is 14.0. The summed E-state index contributed by atoms with van der Waals surface area (Å²) in [5.74, 6) is 1.80. The molecule has 1 unspecified atom stereocenters. The molecule has 1 rings (SSSR count). The Bertz CT molecular complexity index is 170. The maximum absolute atomic E-state index is 8.73. The van der Waals surface area contributed by atoms with Crippen molar-refractivity contribution in [3.05, 3.63) is 0 Å². The lowest BCUT2D eigenvalue weighted by Gasteiger charge is -2.21. The molecule has 0 aliphatic carbocycles. The molecule has 1 fully saturated rings. The molecule has 1 aliphatic heterocycles. The molecule has 0 bridgehead atoms. The van der Waals surface area contributed by atoms with Gasteiger partial charge >= 0.3 is 0 Å². The van der Waals surface area contributed by atoms with Gasteiger partial charge in [0.15, 0.2) is 0 Å². The number of hydrogen-bond donors (Lipinski definition) is 1. The Hall–Kier alpha value is -0.0800. The number of rotatable bonds is 6. The summed E-state index contributed by atoms with van der Waals surface area (Å²) in [6.45, 7) is 8.91. The lowest BCUT2D eigenvalue weighted by Crippen LogP contribution is -2.26. The molecule has 0 amide bonds. The summed E-state index contributed by atoms with van der Waals surface area (Å²) in [5, 5.41) is 8.73. The highest BCUT2D eigenvalue weighted by molar-refractivity contribution is 4.72. The molecule has 1 saturated heterocycles. The smallest absolute Gasteiger partial charge is 0.0431 e. The number of aliphatic hydroxyl groups excluding tert-OH is 1. The fourth-order valence-electron chi connectivity index (χ4n) is 2.70. The second-order valence-corrected chi connectivity index (χ2v) is 5.56. The fraction of sp³-hybridized carbons (Fsp3) is 1.00. The van der Waals surface area contributed by atoms with Crippen LogP contribution >= 0.6 is 0 Å². The molecular weight excluding hydrogens is 198 g/mol. The molecule has 1 atom stereocenters. The molecule has 0 radical (unpaired) electrons. The van der Waals surface area contributed by atoms with E-state index in [-0.39, 0.29) is 0 Å². The molecule has 1 heterocycles. The van der Waals surface area contributed by atoms with Crippen molar-refractivity contribution >= 4 is 0 Å². The summed E-state index contributed by atoms with van der Waals surface area (Å²) in [6.07, 6.45) is 7.60. The van der Waals surface area contributed by atoms with E-state index in [1.807, 2.05) is 0 Å². The van der Waals surface area contributed by atoms with Crippen LogP contribution in [0.3, 0.4) is 0 Å². The summed E-state index contributed by atoms with van der Waals surface area (Å²) in [6, 6.07) is 0. The van der Waals surface area contributed by atoms with Gasteiger partial charge < -0.3 is 10.0 Å². The predicted molar refractivity (Wildman–Crippen MR) is 69.6 cm³/mol. The Labute approximate surface area is 101 Å². The zero-order valence-corrected chi connectivity index (χ0v) is 11.1. The van der Waals surface area contributed by atoms with Crippen LogP contribution in [0.25, 0.3) is 0 Å². The molecule has 0 aromatic heterocycles. The predicted octanol–water partition coefficient (Wildman–Crippen LogP) is 2.91. The number of aliphatic hydroxyl groups is 1. The standard InChI is InChI=1S/C14H29NO/c1-13(2)14-7-6-10-15(11-8-14)9-4-3-5-12-16/h13-14,16H,3-12H2,1-2H3. The average Bonchev–Trinajstić information content (AvgIpc) is 2.50. The van der Waals surface area contributed by atoms with Crippen LogP contribution in [0, 0.1) is 11.8 Å². The normalized spacial score (nSPS) is 23.6. The van der Waals surface area contributed by atoms with Gasteiger partial charge in [-0.05, 0) is 70.0 Å². The van der Waals surface area contributed by atoms with E-state index in [1.54, 1.807) is 0 Å². The maximum atomic E-state index is 8.73. The van der Waals surface area contributed by atoms with Gasteiger partial charge in [0.1, 0.15) is 0 Å². The van der Waals surface area contributed by atoms with Crippen LogP contribution in [0.1, 0.15) is 52.4 Å². The first-order valence-electron chi connectivity index (χ1n) is 7.07. The van der Waals surface area contributed by atoms with Crippen molar-refractivity contribution in [2.45, 2.75) is 52.4 Å². The second-order valence-electron chi connectivity index (χ2n) is 5.56. The van der Waals surface area contributed by atoms with Gasteiger partial charge in [0, 0.05) is 6.61 Å². The Balaban J connectivity index is 2.15. The van der Waals surface area contributed by atoms with Gasteiger partial charge in [-0.1, -0.05) is 13.8 Å². The molecule has 0 aromatic carbocycles. The lowest BCUT2D eigenvalue weighted by molar-refractivity contribution is 0.252. The van der Waals surface area contributed by atoms with E-state index in [4.69, 9.17) is 5.11 Å². The molecule has 96 valence electrons. The third-order valence-corrected chi connectivity index (χ3v) is 3.94. The average molecular weight is 227 g/mol. The van der Waals surface area contributed by atoms with E-state index in [2.05, 4.69) is 18.7 Å². The number of likely N-dealkylation sites (tertiary alicyclic amines) is 1. The number of hydrogen-bond acceptors (Lipinski definition) is 2. The van der Waals surface area contributed by atoms with E-state index in [0.717, 1.165) is 18.3 Å².